The molecule has 0 aromatic carbocycles. The second-order valence-electron chi connectivity index (χ2n) is 2.47. The van der Waals surface area contributed by atoms with E-state index in [2.05, 4.69) is 6.58 Å². The van der Waals surface area contributed by atoms with Gasteiger partial charge in [0.1, 0.15) is 6.61 Å². The minimum Gasteiger partial charge on any atom is -0.461 e. The number of carbonyl (C=O) groups excluding carboxylic acids is 1. The van der Waals surface area contributed by atoms with Gasteiger partial charge in [0.15, 0.2) is 0 Å². The first-order valence-electron chi connectivity index (χ1n) is 4.57. The molecule has 0 unspecified atom stereocenters. The molecule has 76 valence electrons. The van der Waals surface area contributed by atoms with Crippen molar-refractivity contribution in [3.05, 3.63) is 49.1 Å². The van der Waals surface area contributed by atoms with Crippen molar-refractivity contribution in [2.75, 3.05) is 6.61 Å². The first-order valence-corrected chi connectivity index (χ1v) is 4.57. The van der Waals surface area contributed by atoms with Crippen molar-refractivity contribution < 1.29 is 9.53 Å². The van der Waals surface area contributed by atoms with Crippen LogP contribution in [0.3, 0.4) is 0 Å². The highest BCUT2D eigenvalue weighted by Crippen LogP contribution is 1.86. The third kappa shape index (κ3) is 8.53. The van der Waals surface area contributed by atoms with E-state index in [1.165, 1.54) is 0 Å². The lowest BCUT2D eigenvalue weighted by molar-refractivity contribution is -0.141. The maximum Gasteiger partial charge on any atom is 0.305 e. The third-order valence-electron chi connectivity index (χ3n) is 1.35. The topological polar surface area (TPSA) is 26.3 Å². The number of rotatable bonds is 6. The van der Waals surface area contributed by atoms with Crippen LogP contribution in [0.4, 0.5) is 0 Å². The summed E-state index contributed by atoms with van der Waals surface area (Å²) < 4.78 is 4.83. The van der Waals surface area contributed by atoms with Crippen molar-refractivity contribution in [2.24, 2.45) is 0 Å². The SMILES string of the molecule is C=C\C=C/C=C\C=C\COC(=O)CC. The first-order chi connectivity index (χ1) is 6.81. The van der Waals surface area contributed by atoms with Crippen molar-refractivity contribution in [2.45, 2.75) is 13.3 Å². The van der Waals surface area contributed by atoms with Gasteiger partial charge in [-0.25, -0.2) is 0 Å². The Morgan fingerprint density at radius 2 is 1.86 bits per heavy atom. The van der Waals surface area contributed by atoms with Crippen LogP contribution in [0.2, 0.25) is 0 Å². The van der Waals surface area contributed by atoms with E-state index in [0.717, 1.165) is 0 Å². The van der Waals surface area contributed by atoms with Gasteiger partial charge in [-0.2, -0.15) is 0 Å². The summed E-state index contributed by atoms with van der Waals surface area (Å²) in [5, 5.41) is 0. The maximum atomic E-state index is 10.7. The van der Waals surface area contributed by atoms with E-state index < -0.39 is 0 Å². The molecular formula is C12H16O2. The summed E-state index contributed by atoms with van der Waals surface area (Å²) in [6.07, 6.45) is 13.2. The van der Waals surface area contributed by atoms with E-state index >= 15 is 0 Å². The minimum atomic E-state index is -0.176. The monoisotopic (exact) mass is 192 g/mol. The molecule has 0 radical (unpaired) electrons. The van der Waals surface area contributed by atoms with Gasteiger partial charge in [0, 0.05) is 6.42 Å². The van der Waals surface area contributed by atoms with Crippen LogP contribution < -0.4 is 0 Å². The zero-order valence-electron chi connectivity index (χ0n) is 8.48. The van der Waals surface area contributed by atoms with Crippen LogP contribution >= 0.6 is 0 Å². The van der Waals surface area contributed by atoms with Crippen LogP contribution in [0.25, 0.3) is 0 Å². The van der Waals surface area contributed by atoms with Gasteiger partial charge in [-0.3, -0.25) is 4.79 Å². The molecule has 0 saturated heterocycles. The van der Waals surface area contributed by atoms with Gasteiger partial charge in [0.25, 0.3) is 0 Å². The Morgan fingerprint density at radius 3 is 2.50 bits per heavy atom. The van der Waals surface area contributed by atoms with Crippen molar-refractivity contribution in [1.29, 1.82) is 0 Å². The Morgan fingerprint density at radius 1 is 1.21 bits per heavy atom. The van der Waals surface area contributed by atoms with Gasteiger partial charge in [-0.15, -0.1) is 0 Å². The van der Waals surface area contributed by atoms with Gasteiger partial charge < -0.3 is 4.74 Å². The zero-order valence-corrected chi connectivity index (χ0v) is 8.48. The van der Waals surface area contributed by atoms with Gasteiger partial charge in [0.2, 0.25) is 0 Å². The molecule has 0 rings (SSSR count). The highest BCUT2D eigenvalue weighted by molar-refractivity contribution is 5.68. The molecule has 0 heterocycles. The Bertz CT molecular complexity index is 247. The van der Waals surface area contributed by atoms with Crippen molar-refractivity contribution >= 4 is 5.97 Å². The summed E-state index contributed by atoms with van der Waals surface area (Å²) in [7, 11) is 0. The fourth-order valence-corrected chi connectivity index (χ4v) is 0.648. The van der Waals surface area contributed by atoms with Crippen molar-refractivity contribution in [1.82, 2.24) is 0 Å². The van der Waals surface area contributed by atoms with E-state index in [9.17, 15) is 4.79 Å². The molecule has 2 heteroatoms. The Kier molecular flexibility index (Phi) is 8.45. The summed E-state index contributed by atoms with van der Waals surface area (Å²) in [5.41, 5.74) is 0. The minimum absolute atomic E-state index is 0.176. The number of carbonyl (C=O) groups is 1. The van der Waals surface area contributed by atoms with Crippen LogP contribution in [-0.2, 0) is 9.53 Å². The predicted octanol–water partition coefficient (Wildman–Crippen LogP) is 2.79. The number of esters is 1. The molecule has 0 saturated carbocycles. The molecule has 0 bridgehead atoms. The van der Waals surface area contributed by atoms with Crippen LogP contribution in [0.15, 0.2) is 49.1 Å². The highest BCUT2D eigenvalue weighted by Gasteiger charge is 1.92. The first kappa shape index (κ1) is 12.4. The lowest BCUT2D eigenvalue weighted by atomic mass is 10.4. The third-order valence-corrected chi connectivity index (χ3v) is 1.35. The standard InChI is InChI=1S/C12H16O2/c1-3-5-6-7-8-9-10-11-14-12(13)4-2/h3,5-10H,1,4,11H2,2H3/b6-5-,8-7-,10-9+. The largest absolute Gasteiger partial charge is 0.461 e. The van der Waals surface area contributed by atoms with Crippen molar-refractivity contribution in [3.63, 3.8) is 0 Å². The van der Waals surface area contributed by atoms with E-state index in [4.69, 9.17) is 4.74 Å². The molecule has 0 aliphatic carbocycles. The van der Waals surface area contributed by atoms with Gasteiger partial charge in [0.05, 0.1) is 0 Å². The Hall–Kier alpha value is -1.57. The molecule has 0 aliphatic heterocycles. The summed E-state index contributed by atoms with van der Waals surface area (Å²) in [6, 6.07) is 0. The van der Waals surface area contributed by atoms with Crippen LogP contribution in [0.5, 0.6) is 0 Å². The van der Waals surface area contributed by atoms with Crippen LogP contribution in [0.1, 0.15) is 13.3 Å². The molecule has 0 aliphatic rings. The zero-order chi connectivity index (χ0) is 10.6. The molecule has 0 aromatic heterocycles. The quantitative estimate of drug-likeness (QED) is 0.478. The average molecular weight is 192 g/mol. The lowest BCUT2D eigenvalue weighted by Crippen LogP contribution is -2.01. The molecule has 0 atom stereocenters. The number of hydrogen-bond donors (Lipinski definition) is 0. The molecule has 0 N–H and O–H groups in total. The normalized spacial score (nSPS) is 11.5. The van der Waals surface area contributed by atoms with E-state index in [0.29, 0.717) is 13.0 Å². The smallest absolute Gasteiger partial charge is 0.305 e. The van der Waals surface area contributed by atoms with Crippen molar-refractivity contribution in [3.8, 4) is 0 Å². The molecule has 14 heavy (non-hydrogen) atoms. The average Bonchev–Trinajstić information content (AvgIpc) is 2.21. The second kappa shape index (κ2) is 9.52. The Balaban J connectivity index is 3.53. The van der Waals surface area contributed by atoms with Gasteiger partial charge >= 0.3 is 5.97 Å². The summed E-state index contributed by atoms with van der Waals surface area (Å²) in [4.78, 5) is 10.7. The lowest BCUT2D eigenvalue weighted by Gasteiger charge is -1.95. The highest BCUT2D eigenvalue weighted by atomic mass is 16.5. The second-order valence-corrected chi connectivity index (χ2v) is 2.47. The summed E-state index contributed by atoms with van der Waals surface area (Å²) in [5.74, 6) is -0.176. The van der Waals surface area contributed by atoms with Crippen LogP contribution in [0, 0.1) is 0 Å². The molecule has 2 nitrogen and oxygen atoms in total. The van der Waals surface area contributed by atoms with E-state index in [-0.39, 0.29) is 5.97 Å². The van der Waals surface area contributed by atoms with Gasteiger partial charge in [-0.1, -0.05) is 50.0 Å². The van der Waals surface area contributed by atoms with Crippen LogP contribution in [-0.4, -0.2) is 12.6 Å². The molecule has 0 amide bonds. The number of allylic oxidation sites excluding steroid dienone is 6. The molecule has 0 aromatic rings. The predicted molar refractivity (Wildman–Crippen MR) is 58.9 cm³/mol. The molecular weight excluding hydrogens is 176 g/mol. The summed E-state index contributed by atoms with van der Waals surface area (Å²) in [6.45, 7) is 5.65. The fraction of sp³-hybridized carbons (Fsp3) is 0.250. The fourth-order valence-electron chi connectivity index (χ4n) is 0.648. The van der Waals surface area contributed by atoms with E-state index in [1.807, 2.05) is 30.4 Å². The Labute approximate surface area is 85.3 Å². The molecule has 0 spiro atoms. The van der Waals surface area contributed by atoms with Gasteiger partial charge in [-0.05, 0) is 6.08 Å². The molecule has 0 fully saturated rings. The summed E-state index contributed by atoms with van der Waals surface area (Å²) >= 11 is 0. The number of hydrogen-bond acceptors (Lipinski definition) is 2. The van der Waals surface area contributed by atoms with E-state index in [1.54, 1.807) is 19.1 Å². The maximum absolute atomic E-state index is 10.7. The number of ether oxygens (including phenoxy) is 1.